The van der Waals surface area contributed by atoms with Crippen LogP contribution >= 0.6 is 0 Å². The van der Waals surface area contributed by atoms with E-state index in [2.05, 4.69) is 19.2 Å². The molecule has 1 atom stereocenters. The predicted octanol–water partition coefficient (Wildman–Crippen LogP) is 3.03. The fraction of sp³-hybridized carbons (Fsp3) is 0.933. The maximum absolute atomic E-state index is 12.3. The van der Waals surface area contributed by atoms with E-state index in [0.717, 1.165) is 45.1 Å². The molecule has 2 fully saturated rings. The van der Waals surface area contributed by atoms with Crippen molar-refractivity contribution < 1.29 is 9.53 Å². The van der Waals surface area contributed by atoms with Crippen molar-refractivity contribution >= 4 is 5.97 Å². The summed E-state index contributed by atoms with van der Waals surface area (Å²) in [6.45, 7) is 7.52. The summed E-state index contributed by atoms with van der Waals surface area (Å²) in [5, 5.41) is 3.33. The monoisotopic (exact) mass is 253 g/mol. The van der Waals surface area contributed by atoms with E-state index in [1.54, 1.807) is 0 Å². The van der Waals surface area contributed by atoms with Crippen LogP contribution in [0.4, 0.5) is 0 Å². The lowest BCUT2D eigenvalue weighted by Crippen LogP contribution is -2.54. The van der Waals surface area contributed by atoms with Crippen LogP contribution in [0.25, 0.3) is 0 Å². The minimum Gasteiger partial charge on any atom is -0.461 e. The van der Waals surface area contributed by atoms with E-state index in [9.17, 15) is 4.79 Å². The molecule has 104 valence electrons. The molecule has 0 aromatic heterocycles. The molecule has 1 aliphatic carbocycles. The Morgan fingerprint density at radius 3 is 2.33 bits per heavy atom. The van der Waals surface area contributed by atoms with E-state index in [4.69, 9.17) is 4.74 Å². The molecule has 1 N–H and O–H groups in total. The maximum atomic E-state index is 12.3. The zero-order chi connectivity index (χ0) is 13.2. The second-order valence-corrected chi connectivity index (χ2v) is 6.98. The lowest BCUT2D eigenvalue weighted by Gasteiger charge is -2.37. The van der Waals surface area contributed by atoms with E-state index >= 15 is 0 Å². The second-order valence-electron chi connectivity index (χ2n) is 6.98. The molecule has 1 saturated heterocycles. The first-order valence-corrected chi connectivity index (χ1v) is 7.37. The lowest BCUT2D eigenvalue weighted by atomic mass is 9.76. The van der Waals surface area contributed by atoms with Crippen molar-refractivity contribution in [1.82, 2.24) is 5.32 Å². The van der Waals surface area contributed by atoms with Gasteiger partial charge in [-0.3, -0.25) is 4.79 Å². The summed E-state index contributed by atoms with van der Waals surface area (Å²) in [4.78, 5) is 12.3. The average molecular weight is 253 g/mol. The van der Waals surface area contributed by atoms with Crippen molar-refractivity contribution in [3.8, 4) is 0 Å². The van der Waals surface area contributed by atoms with Gasteiger partial charge < -0.3 is 10.1 Å². The predicted molar refractivity (Wildman–Crippen MR) is 72.4 cm³/mol. The highest BCUT2D eigenvalue weighted by Crippen LogP contribution is 2.36. The van der Waals surface area contributed by atoms with E-state index < -0.39 is 5.54 Å². The molecule has 3 nitrogen and oxygen atoms in total. The van der Waals surface area contributed by atoms with Gasteiger partial charge in [0.05, 0.1) is 0 Å². The summed E-state index contributed by atoms with van der Waals surface area (Å²) < 4.78 is 5.73. The van der Waals surface area contributed by atoms with Gasteiger partial charge in [0.15, 0.2) is 0 Å². The Kier molecular flexibility index (Phi) is 4.00. The first-order chi connectivity index (χ1) is 8.41. The zero-order valence-electron chi connectivity index (χ0n) is 12.1. The zero-order valence-corrected chi connectivity index (χ0v) is 12.1. The van der Waals surface area contributed by atoms with Crippen LogP contribution in [0.3, 0.4) is 0 Å². The Balaban J connectivity index is 1.84. The molecule has 18 heavy (non-hydrogen) atoms. The third-order valence-electron chi connectivity index (χ3n) is 4.63. The molecule has 2 rings (SSSR count). The highest BCUT2D eigenvalue weighted by Gasteiger charge is 2.38. The first kappa shape index (κ1) is 13.9. The summed E-state index contributed by atoms with van der Waals surface area (Å²) >= 11 is 0. The number of carbonyl (C=O) groups is 1. The summed E-state index contributed by atoms with van der Waals surface area (Å²) in [7, 11) is 0. The molecule has 2 aliphatic rings. The van der Waals surface area contributed by atoms with Crippen molar-refractivity contribution in [1.29, 1.82) is 0 Å². The third kappa shape index (κ3) is 3.25. The van der Waals surface area contributed by atoms with Crippen molar-refractivity contribution in [2.24, 2.45) is 5.41 Å². The molecule has 0 amide bonds. The van der Waals surface area contributed by atoms with Crippen LogP contribution in [0.5, 0.6) is 0 Å². The van der Waals surface area contributed by atoms with Crippen LogP contribution in [0, 0.1) is 5.41 Å². The van der Waals surface area contributed by atoms with Gasteiger partial charge in [0.25, 0.3) is 0 Å². The lowest BCUT2D eigenvalue weighted by molar-refractivity contribution is -0.160. The number of carbonyl (C=O) groups excluding carboxylic acids is 1. The maximum Gasteiger partial charge on any atom is 0.326 e. The van der Waals surface area contributed by atoms with Gasteiger partial charge in [0, 0.05) is 0 Å². The molecular weight excluding hydrogens is 226 g/mol. The number of piperidine rings is 1. The summed E-state index contributed by atoms with van der Waals surface area (Å²) in [5.74, 6) is -0.0353. The molecule has 0 spiro atoms. The van der Waals surface area contributed by atoms with Gasteiger partial charge in [-0.25, -0.2) is 0 Å². The van der Waals surface area contributed by atoms with Crippen LogP contribution in [0.2, 0.25) is 0 Å². The van der Waals surface area contributed by atoms with E-state index in [1.165, 1.54) is 6.42 Å². The summed E-state index contributed by atoms with van der Waals surface area (Å²) in [5.41, 5.74) is -0.0128. The van der Waals surface area contributed by atoms with Crippen LogP contribution < -0.4 is 5.32 Å². The molecular formula is C15H27NO2. The number of hydrogen-bond donors (Lipinski definition) is 1. The number of esters is 1. The largest absolute Gasteiger partial charge is 0.461 e. The van der Waals surface area contributed by atoms with Gasteiger partial charge in [-0.15, -0.1) is 0 Å². The van der Waals surface area contributed by atoms with E-state index in [1.807, 2.05) is 6.92 Å². The van der Waals surface area contributed by atoms with Gasteiger partial charge >= 0.3 is 5.97 Å². The molecule has 1 aliphatic heterocycles. The number of ether oxygens (including phenoxy) is 1. The van der Waals surface area contributed by atoms with Gasteiger partial charge in [0.2, 0.25) is 0 Å². The molecule has 0 aromatic carbocycles. The number of rotatable bonds is 2. The third-order valence-corrected chi connectivity index (χ3v) is 4.63. The number of hydrogen-bond acceptors (Lipinski definition) is 3. The van der Waals surface area contributed by atoms with E-state index in [-0.39, 0.29) is 12.1 Å². The quantitative estimate of drug-likeness (QED) is 0.769. The first-order valence-electron chi connectivity index (χ1n) is 7.37. The Morgan fingerprint density at radius 2 is 1.78 bits per heavy atom. The fourth-order valence-electron chi connectivity index (χ4n) is 3.00. The van der Waals surface area contributed by atoms with Gasteiger partial charge in [-0.2, -0.15) is 0 Å². The molecule has 1 saturated carbocycles. The van der Waals surface area contributed by atoms with Crippen molar-refractivity contribution in [2.45, 2.75) is 77.4 Å². The average Bonchev–Trinajstić information content (AvgIpc) is 2.33. The van der Waals surface area contributed by atoms with Crippen LogP contribution in [-0.2, 0) is 9.53 Å². The van der Waals surface area contributed by atoms with Gasteiger partial charge in [0.1, 0.15) is 11.6 Å². The standard InChI is InChI=1S/C15H27NO2/c1-14(2)9-6-12(7-10-14)18-13(17)15(3)8-4-5-11-16-15/h12,16H,4-11H2,1-3H3. The highest BCUT2D eigenvalue weighted by molar-refractivity contribution is 5.80. The van der Waals surface area contributed by atoms with Crippen LogP contribution in [0.15, 0.2) is 0 Å². The smallest absolute Gasteiger partial charge is 0.326 e. The van der Waals surface area contributed by atoms with Crippen LogP contribution in [-0.4, -0.2) is 24.2 Å². The Labute approximate surface area is 111 Å². The fourth-order valence-corrected chi connectivity index (χ4v) is 3.00. The topological polar surface area (TPSA) is 38.3 Å². The Bertz CT molecular complexity index is 296. The van der Waals surface area contributed by atoms with Crippen molar-refractivity contribution in [2.75, 3.05) is 6.54 Å². The molecule has 0 radical (unpaired) electrons. The molecule has 1 heterocycles. The Morgan fingerprint density at radius 1 is 1.11 bits per heavy atom. The normalized spacial score (nSPS) is 33.1. The highest BCUT2D eigenvalue weighted by atomic mass is 16.5. The molecule has 0 bridgehead atoms. The SMILES string of the molecule is CC1(C)CCC(OC(=O)C2(C)CCCCN2)CC1. The van der Waals surface area contributed by atoms with Crippen molar-refractivity contribution in [3.05, 3.63) is 0 Å². The summed E-state index contributed by atoms with van der Waals surface area (Å²) in [6.07, 6.45) is 7.71. The van der Waals surface area contributed by atoms with E-state index in [0.29, 0.717) is 5.41 Å². The minimum absolute atomic E-state index is 0.0353. The second kappa shape index (κ2) is 5.20. The van der Waals surface area contributed by atoms with Crippen LogP contribution in [0.1, 0.15) is 65.7 Å². The number of nitrogens with one attached hydrogen (secondary N) is 1. The van der Waals surface area contributed by atoms with Gasteiger partial charge in [-0.1, -0.05) is 13.8 Å². The summed E-state index contributed by atoms with van der Waals surface area (Å²) in [6, 6.07) is 0. The molecule has 0 aromatic rings. The Hall–Kier alpha value is -0.570. The van der Waals surface area contributed by atoms with Gasteiger partial charge in [-0.05, 0) is 63.8 Å². The molecule has 3 heteroatoms. The van der Waals surface area contributed by atoms with Crippen molar-refractivity contribution in [3.63, 3.8) is 0 Å². The molecule has 1 unspecified atom stereocenters. The minimum atomic E-state index is -0.439.